The number of fused-ring (bicyclic) bond motifs is 1. The maximum Gasteiger partial charge on any atom is 0.253 e. The summed E-state index contributed by atoms with van der Waals surface area (Å²) in [7, 11) is -3.83. The Morgan fingerprint density at radius 3 is 2.57 bits per heavy atom. The molecule has 0 saturated heterocycles. The highest BCUT2D eigenvalue weighted by atomic mass is 32.2. The van der Waals surface area contributed by atoms with E-state index in [0.29, 0.717) is 16.8 Å². The van der Waals surface area contributed by atoms with Crippen LogP contribution in [0.2, 0.25) is 0 Å². The zero-order valence-corrected chi connectivity index (χ0v) is 16.7. The van der Waals surface area contributed by atoms with E-state index in [-0.39, 0.29) is 22.2 Å². The van der Waals surface area contributed by atoms with Crippen LogP contribution < -0.4 is 5.32 Å². The lowest BCUT2D eigenvalue weighted by atomic mass is 10.2. The third-order valence-corrected chi connectivity index (χ3v) is 6.32. The van der Waals surface area contributed by atoms with Gasteiger partial charge in [-0.25, -0.2) is 17.8 Å². The number of hydrogen-bond acceptors (Lipinski definition) is 5. The van der Waals surface area contributed by atoms with Crippen molar-refractivity contribution in [1.82, 2.24) is 20.5 Å². The average molecular weight is 424 g/mol. The lowest BCUT2D eigenvalue weighted by Gasteiger charge is -2.08. The molecule has 0 aliphatic heterocycles. The second kappa shape index (κ2) is 7.68. The van der Waals surface area contributed by atoms with Gasteiger partial charge in [-0.05, 0) is 54.4 Å². The van der Waals surface area contributed by atoms with Crippen molar-refractivity contribution in [1.29, 1.82) is 0 Å². The Morgan fingerprint density at radius 1 is 1.07 bits per heavy atom. The van der Waals surface area contributed by atoms with Crippen molar-refractivity contribution < 1.29 is 17.6 Å². The number of benzene rings is 2. The number of pyridine rings is 1. The Bertz CT molecular complexity index is 1330. The van der Waals surface area contributed by atoms with Crippen LogP contribution in [0.5, 0.6) is 0 Å². The number of nitrogens with one attached hydrogen (secondary N) is 2. The van der Waals surface area contributed by atoms with Gasteiger partial charge in [-0.1, -0.05) is 12.1 Å². The molecule has 9 heteroatoms. The molecule has 4 aromatic rings. The van der Waals surface area contributed by atoms with Crippen LogP contribution in [-0.2, 0) is 16.4 Å². The van der Waals surface area contributed by atoms with Gasteiger partial charge in [0.2, 0.25) is 9.84 Å². The number of aryl methyl sites for hydroxylation is 1. The summed E-state index contributed by atoms with van der Waals surface area (Å²) < 4.78 is 39.1. The first-order valence-electron chi connectivity index (χ1n) is 9.01. The van der Waals surface area contributed by atoms with Gasteiger partial charge in [0.25, 0.3) is 5.91 Å². The number of rotatable bonds is 5. The van der Waals surface area contributed by atoms with Gasteiger partial charge < -0.3 is 5.32 Å². The van der Waals surface area contributed by atoms with E-state index < -0.39 is 15.7 Å². The fraction of sp³-hybridized carbons (Fsp3) is 0.0952. The second-order valence-electron chi connectivity index (χ2n) is 6.83. The van der Waals surface area contributed by atoms with Gasteiger partial charge in [-0.2, -0.15) is 5.10 Å². The molecule has 0 spiro atoms. The van der Waals surface area contributed by atoms with E-state index in [0.717, 1.165) is 17.0 Å². The molecule has 2 N–H and O–H groups in total. The lowest BCUT2D eigenvalue weighted by molar-refractivity contribution is 0.0950. The van der Waals surface area contributed by atoms with Crippen molar-refractivity contribution in [2.45, 2.75) is 23.3 Å². The molecule has 2 aromatic carbocycles. The van der Waals surface area contributed by atoms with Crippen LogP contribution in [0.25, 0.3) is 11.0 Å². The number of carbonyl (C=O) groups excluding carboxylic acids is 1. The summed E-state index contributed by atoms with van der Waals surface area (Å²) in [4.78, 5) is 16.4. The number of carbonyl (C=O) groups is 1. The van der Waals surface area contributed by atoms with Gasteiger partial charge in [-0.15, -0.1) is 0 Å². The largest absolute Gasteiger partial charge is 0.348 e. The Labute approximate surface area is 171 Å². The number of aromatic nitrogens is 3. The quantitative estimate of drug-likeness (QED) is 0.512. The molecule has 7 nitrogen and oxygen atoms in total. The topological polar surface area (TPSA) is 105 Å². The van der Waals surface area contributed by atoms with E-state index in [9.17, 15) is 17.6 Å². The summed E-state index contributed by atoms with van der Waals surface area (Å²) >= 11 is 0. The molecule has 0 fully saturated rings. The zero-order chi connectivity index (χ0) is 21.3. The number of H-pyrrole nitrogens is 1. The average Bonchev–Trinajstić information content (AvgIpc) is 3.19. The SMILES string of the molecule is Cc1cc(F)cc(S(=O)(=O)c2ccc(CNC(=O)c3cnc4[nH]ncc4c3)cc2)c1. The number of aromatic amines is 1. The fourth-order valence-electron chi connectivity index (χ4n) is 3.03. The van der Waals surface area contributed by atoms with Gasteiger partial charge in [0.05, 0.1) is 21.6 Å². The van der Waals surface area contributed by atoms with Gasteiger partial charge in [0, 0.05) is 18.1 Å². The molecular formula is C21H17FN4O3S. The molecule has 0 unspecified atom stereocenters. The maximum atomic E-state index is 13.6. The third-order valence-electron chi connectivity index (χ3n) is 4.57. The van der Waals surface area contributed by atoms with Crippen LogP contribution in [0.15, 0.2) is 70.7 Å². The molecule has 0 radical (unpaired) electrons. The summed E-state index contributed by atoms with van der Waals surface area (Å²) in [6.45, 7) is 1.84. The van der Waals surface area contributed by atoms with Gasteiger partial charge >= 0.3 is 0 Å². The number of nitrogens with zero attached hydrogens (tertiary/aromatic N) is 2. The minimum atomic E-state index is -3.83. The smallest absolute Gasteiger partial charge is 0.253 e. The minimum absolute atomic E-state index is 0.0529. The number of sulfone groups is 1. The summed E-state index contributed by atoms with van der Waals surface area (Å²) in [5, 5.41) is 10.1. The van der Waals surface area contributed by atoms with Crippen molar-refractivity contribution in [3.05, 3.63) is 83.4 Å². The zero-order valence-electron chi connectivity index (χ0n) is 15.9. The van der Waals surface area contributed by atoms with Gasteiger partial charge in [0.1, 0.15) is 5.82 Å². The molecule has 30 heavy (non-hydrogen) atoms. The van der Waals surface area contributed by atoms with Crippen LogP contribution in [0, 0.1) is 12.7 Å². The Hall–Kier alpha value is -3.59. The van der Waals surface area contributed by atoms with Crippen LogP contribution in [0.1, 0.15) is 21.5 Å². The highest BCUT2D eigenvalue weighted by molar-refractivity contribution is 7.91. The Morgan fingerprint density at radius 2 is 1.83 bits per heavy atom. The first-order chi connectivity index (χ1) is 14.3. The molecule has 0 aliphatic rings. The first-order valence-corrected chi connectivity index (χ1v) is 10.5. The second-order valence-corrected chi connectivity index (χ2v) is 8.78. The normalized spacial score (nSPS) is 11.5. The van der Waals surface area contributed by atoms with E-state index in [4.69, 9.17) is 0 Å². The number of amides is 1. The Kier molecular flexibility index (Phi) is 5.04. The molecule has 0 atom stereocenters. The molecule has 1 amide bonds. The van der Waals surface area contributed by atoms with Gasteiger partial charge in [-0.3, -0.25) is 9.89 Å². The third kappa shape index (κ3) is 3.92. The summed E-state index contributed by atoms with van der Waals surface area (Å²) in [6, 6.07) is 11.5. The standard InChI is InChI=1S/C21H17FN4O3S/c1-13-6-17(22)9-19(7-13)30(28,29)18-4-2-14(3-5-18)10-24-21(27)16-8-15-12-25-26-20(15)23-11-16/h2-9,11-12H,10H2,1H3,(H,24,27)(H,23,25,26). The van der Waals surface area contributed by atoms with E-state index in [1.54, 1.807) is 31.3 Å². The molecule has 0 aliphatic carbocycles. The van der Waals surface area contributed by atoms with Crippen molar-refractivity contribution in [3.8, 4) is 0 Å². The maximum absolute atomic E-state index is 13.6. The summed E-state index contributed by atoms with van der Waals surface area (Å²) in [6.07, 6.45) is 3.03. The van der Waals surface area contributed by atoms with Crippen LogP contribution in [0.3, 0.4) is 0 Å². The molecular weight excluding hydrogens is 407 g/mol. The van der Waals surface area contributed by atoms with E-state index >= 15 is 0 Å². The highest BCUT2D eigenvalue weighted by Gasteiger charge is 2.19. The molecule has 4 rings (SSSR count). The van der Waals surface area contributed by atoms with Crippen molar-refractivity contribution >= 4 is 26.8 Å². The molecule has 152 valence electrons. The van der Waals surface area contributed by atoms with Crippen molar-refractivity contribution in [2.75, 3.05) is 0 Å². The number of hydrogen-bond donors (Lipinski definition) is 2. The van der Waals surface area contributed by atoms with Crippen LogP contribution in [0.4, 0.5) is 4.39 Å². The predicted molar refractivity (Wildman–Crippen MR) is 108 cm³/mol. The lowest BCUT2D eigenvalue weighted by Crippen LogP contribution is -2.22. The molecule has 2 heterocycles. The molecule has 0 bridgehead atoms. The van der Waals surface area contributed by atoms with Crippen LogP contribution in [-0.4, -0.2) is 29.5 Å². The van der Waals surface area contributed by atoms with E-state index in [1.807, 2.05) is 0 Å². The van der Waals surface area contributed by atoms with Crippen molar-refractivity contribution in [3.63, 3.8) is 0 Å². The predicted octanol–water partition coefficient (Wildman–Crippen LogP) is 3.17. The highest BCUT2D eigenvalue weighted by Crippen LogP contribution is 2.23. The summed E-state index contributed by atoms with van der Waals surface area (Å²) in [5.74, 6) is -0.909. The molecule has 2 aromatic heterocycles. The number of halogens is 1. The molecule has 0 saturated carbocycles. The Balaban J connectivity index is 1.47. The fourth-order valence-corrected chi connectivity index (χ4v) is 4.40. The first kappa shape index (κ1) is 19.7. The van der Waals surface area contributed by atoms with Gasteiger partial charge in [0.15, 0.2) is 5.65 Å². The van der Waals surface area contributed by atoms with Crippen molar-refractivity contribution in [2.24, 2.45) is 0 Å². The minimum Gasteiger partial charge on any atom is -0.348 e. The van der Waals surface area contributed by atoms with Crippen LogP contribution >= 0.6 is 0 Å². The van der Waals surface area contributed by atoms with E-state index in [1.165, 1.54) is 30.5 Å². The van der Waals surface area contributed by atoms with E-state index in [2.05, 4.69) is 20.5 Å². The summed E-state index contributed by atoms with van der Waals surface area (Å²) in [5.41, 5.74) is 2.23. The monoisotopic (exact) mass is 424 g/mol.